The number of benzene rings is 3. The molecule has 28 heavy (non-hydrogen) atoms. The standard InChI is InChI=1S/C19H12Cl4N2O2S/c20-12-6-8-15(17(22)10-12)19(16-9-7-13(21)11-18(16)23)24-25-28(26,27)14-4-2-1-3-5-14/h1-11,25H. The lowest BCUT2D eigenvalue weighted by Gasteiger charge is -2.12. The summed E-state index contributed by atoms with van der Waals surface area (Å²) < 4.78 is 25.1. The number of hydrazone groups is 1. The van der Waals surface area contributed by atoms with Crippen LogP contribution >= 0.6 is 46.4 Å². The first-order chi connectivity index (χ1) is 13.3. The molecule has 0 aliphatic rings. The molecule has 0 aromatic heterocycles. The molecule has 3 rings (SSSR count). The van der Waals surface area contributed by atoms with Gasteiger partial charge >= 0.3 is 0 Å². The van der Waals surface area contributed by atoms with E-state index < -0.39 is 10.0 Å². The van der Waals surface area contributed by atoms with Crippen molar-refractivity contribution >= 4 is 62.1 Å². The molecule has 0 bridgehead atoms. The lowest BCUT2D eigenvalue weighted by Crippen LogP contribution is -2.21. The fraction of sp³-hybridized carbons (Fsp3) is 0. The molecule has 0 aliphatic heterocycles. The van der Waals surface area contributed by atoms with Gasteiger partial charge in [0, 0.05) is 21.2 Å². The fourth-order valence-electron chi connectivity index (χ4n) is 2.39. The molecule has 1 N–H and O–H groups in total. The van der Waals surface area contributed by atoms with Crippen molar-refractivity contribution in [1.82, 2.24) is 4.83 Å². The monoisotopic (exact) mass is 472 g/mol. The lowest BCUT2D eigenvalue weighted by atomic mass is 10.0. The Morgan fingerprint density at radius 2 is 1.25 bits per heavy atom. The number of halogens is 4. The van der Waals surface area contributed by atoms with Crippen molar-refractivity contribution in [2.45, 2.75) is 4.90 Å². The van der Waals surface area contributed by atoms with Crippen LogP contribution in [-0.4, -0.2) is 14.1 Å². The van der Waals surface area contributed by atoms with E-state index in [1.165, 1.54) is 24.3 Å². The Bertz CT molecular complexity index is 1100. The van der Waals surface area contributed by atoms with Crippen LogP contribution in [-0.2, 0) is 10.0 Å². The summed E-state index contributed by atoms with van der Waals surface area (Å²) in [6, 6.07) is 17.4. The van der Waals surface area contributed by atoms with Gasteiger partial charge in [-0.3, -0.25) is 0 Å². The molecule has 0 fully saturated rings. The molecule has 144 valence electrons. The molecular weight excluding hydrogens is 462 g/mol. The Kier molecular flexibility index (Phi) is 6.53. The zero-order valence-electron chi connectivity index (χ0n) is 14.0. The number of rotatable bonds is 5. The number of nitrogens with one attached hydrogen (secondary N) is 1. The van der Waals surface area contributed by atoms with Crippen LogP contribution in [0, 0.1) is 0 Å². The second kappa shape index (κ2) is 8.72. The van der Waals surface area contributed by atoms with E-state index in [0.717, 1.165) is 0 Å². The first-order valence-corrected chi connectivity index (χ1v) is 10.8. The summed E-state index contributed by atoms with van der Waals surface area (Å²) in [4.78, 5) is 2.30. The highest BCUT2D eigenvalue weighted by molar-refractivity contribution is 7.89. The summed E-state index contributed by atoms with van der Waals surface area (Å²) in [5.41, 5.74) is 1.12. The highest BCUT2D eigenvalue weighted by atomic mass is 35.5. The van der Waals surface area contributed by atoms with Crippen LogP contribution in [0.2, 0.25) is 20.1 Å². The second-order valence-electron chi connectivity index (χ2n) is 5.62. The average Bonchev–Trinajstić information content (AvgIpc) is 2.65. The Morgan fingerprint density at radius 1 is 0.750 bits per heavy atom. The van der Waals surface area contributed by atoms with Gasteiger partial charge in [-0.25, -0.2) is 0 Å². The van der Waals surface area contributed by atoms with Gasteiger partial charge in [0.1, 0.15) is 5.71 Å². The third-order valence-corrected chi connectivity index (χ3v) is 6.02. The molecule has 4 nitrogen and oxygen atoms in total. The molecule has 0 unspecified atom stereocenters. The maximum atomic E-state index is 12.6. The smallest absolute Gasteiger partial charge is 0.200 e. The zero-order valence-corrected chi connectivity index (χ0v) is 17.9. The van der Waals surface area contributed by atoms with Crippen molar-refractivity contribution < 1.29 is 8.42 Å². The summed E-state index contributed by atoms with van der Waals surface area (Å²) in [6.07, 6.45) is 0. The minimum absolute atomic E-state index is 0.0718. The van der Waals surface area contributed by atoms with E-state index in [1.54, 1.807) is 42.5 Å². The zero-order chi connectivity index (χ0) is 20.3. The third-order valence-electron chi connectivity index (χ3n) is 3.70. The summed E-state index contributed by atoms with van der Waals surface area (Å²) in [5.74, 6) is 0. The second-order valence-corrected chi connectivity index (χ2v) is 8.96. The minimum atomic E-state index is -3.89. The van der Waals surface area contributed by atoms with Gasteiger partial charge in [0.15, 0.2) is 0 Å². The third kappa shape index (κ3) is 4.80. The van der Waals surface area contributed by atoms with E-state index in [0.29, 0.717) is 21.2 Å². The van der Waals surface area contributed by atoms with Crippen molar-refractivity contribution in [3.63, 3.8) is 0 Å². The summed E-state index contributed by atoms with van der Waals surface area (Å²) in [5, 5.41) is 5.55. The number of hydrogen-bond donors (Lipinski definition) is 1. The van der Waals surface area contributed by atoms with Crippen molar-refractivity contribution in [3.8, 4) is 0 Å². The fourth-order valence-corrected chi connectivity index (χ4v) is 4.21. The van der Waals surface area contributed by atoms with Gasteiger partial charge in [-0.15, -0.1) is 0 Å². The Balaban J connectivity index is 2.12. The SMILES string of the molecule is O=S(=O)(NN=C(c1ccc(Cl)cc1Cl)c1ccc(Cl)cc1Cl)c1ccccc1. The van der Waals surface area contributed by atoms with E-state index in [2.05, 4.69) is 9.93 Å². The van der Waals surface area contributed by atoms with E-state index in [1.807, 2.05) is 0 Å². The highest BCUT2D eigenvalue weighted by Gasteiger charge is 2.18. The minimum Gasteiger partial charge on any atom is -0.200 e. The van der Waals surface area contributed by atoms with E-state index in [-0.39, 0.29) is 20.7 Å². The van der Waals surface area contributed by atoms with Crippen LogP contribution in [0.25, 0.3) is 0 Å². The van der Waals surface area contributed by atoms with Gasteiger partial charge in [-0.05, 0) is 48.5 Å². The van der Waals surface area contributed by atoms with Gasteiger partial charge in [-0.1, -0.05) is 64.6 Å². The quantitative estimate of drug-likeness (QED) is 0.363. The number of hydrogen-bond acceptors (Lipinski definition) is 3. The molecule has 9 heteroatoms. The van der Waals surface area contributed by atoms with E-state index in [4.69, 9.17) is 46.4 Å². The Labute approximate surface area is 182 Å². The Hall–Kier alpha value is -1.76. The van der Waals surface area contributed by atoms with Gasteiger partial charge < -0.3 is 0 Å². The largest absolute Gasteiger partial charge is 0.276 e. The number of sulfonamides is 1. The highest BCUT2D eigenvalue weighted by Crippen LogP contribution is 2.28. The van der Waals surface area contributed by atoms with Gasteiger partial charge in [0.25, 0.3) is 10.0 Å². The average molecular weight is 474 g/mol. The molecule has 0 heterocycles. The summed E-state index contributed by atoms with van der Waals surface area (Å²) in [6.45, 7) is 0. The molecule has 0 saturated carbocycles. The lowest BCUT2D eigenvalue weighted by molar-refractivity contribution is 0.584. The molecule has 0 aliphatic carbocycles. The van der Waals surface area contributed by atoms with E-state index in [9.17, 15) is 8.42 Å². The summed E-state index contributed by atoms with van der Waals surface area (Å²) >= 11 is 24.6. The van der Waals surface area contributed by atoms with Crippen LogP contribution in [0.15, 0.2) is 76.7 Å². The first-order valence-electron chi connectivity index (χ1n) is 7.83. The predicted molar refractivity (Wildman–Crippen MR) is 115 cm³/mol. The van der Waals surface area contributed by atoms with Crippen LogP contribution in [0.4, 0.5) is 0 Å². The van der Waals surface area contributed by atoms with Crippen LogP contribution in [0.5, 0.6) is 0 Å². The van der Waals surface area contributed by atoms with Crippen LogP contribution in [0.1, 0.15) is 11.1 Å². The summed E-state index contributed by atoms with van der Waals surface area (Å²) in [7, 11) is -3.89. The maximum absolute atomic E-state index is 12.6. The molecule has 0 radical (unpaired) electrons. The van der Waals surface area contributed by atoms with Crippen molar-refractivity contribution in [1.29, 1.82) is 0 Å². The van der Waals surface area contributed by atoms with Crippen molar-refractivity contribution in [2.75, 3.05) is 0 Å². The molecule has 3 aromatic rings. The molecule has 0 amide bonds. The maximum Gasteiger partial charge on any atom is 0.276 e. The Morgan fingerprint density at radius 3 is 1.71 bits per heavy atom. The molecule has 0 atom stereocenters. The van der Waals surface area contributed by atoms with Crippen molar-refractivity contribution in [3.05, 3.63) is 97.9 Å². The van der Waals surface area contributed by atoms with Crippen LogP contribution < -0.4 is 4.83 Å². The van der Waals surface area contributed by atoms with E-state index >= 15 is 0 Å². The number of nitrogens with zero attached hydrogens (tertiary/aromatic N) is 1. The van der Waals surface area contributed by atoms with Gasteiger partial charge in [0.2, 0.25) is 0 Å². The topological polar surface area (TPSA) is 58.5 Å². The molecular formula is C19H12Cl4N2O2S. The van der Waals surface area contributed by atoms with Crippen molar-refractivity contribution in [2.24, 2.45) is 5.10 Å². The van der Waals surface area contributed by atoms with Gasteiger partial charge in [-0.2, -0.15) is 18.4 Å². The molecule has 0 saturated heterocycles. The molecule has 3 aromatic carbocycles. The normalized spacial score (nSPS) is 11.1. The molecule has 0 spiro atoms. The van der Waals surface area contributed by atoms with Gasteiger partial charge in [0.05, 0.1) is 14.9 Å². The van der Waals surface area contributed by atoms with Crippen LogP contribution in [0.3, 0.4) is 0 Å². The first kappa shape index (κ1) is 21.0. The predicted octanol–water partition coefficient (Wildman–Crippen LogP) is 6.03.